The van der Waals surface area contributed by atoms with Crippen LogP contribution in [0.3, 0.4) is 0 Å². The molecule has 18 heteroatoms. The van der Waals surface area contributed by atoms with Crippen molar-refractivity contribution in [1.29, 1.82) is 0 Å². The zero-order valence-corrected chi connectivity index (χ0v) is 38.0. The number of aliphatic hydroxyl groups excluding tert-OH is 3. The largest absolute Gasteiger partial charge is 0.426 e. The number of hydrogen-bond donors (Lipinski definition) is 4. The summed E-state index contributed by atoms with van der Waals surface area (Å²) in [5.41, 5.74) is 3.34. The van der Waals surface area contributed by atoms with E-state index in [4.69, 9.17) is 4.74 Å². The van der Waals surface area contributed by atoms with E-state index in [1.54, 1.807) is 29.2 Å². The van der Waals surface area contributed by atoms with E-state index in [9.17, 15) is 51.3 Å². The molecule has 1 aliphatic heterocycles. The topological polar surface area (TPSA) is 200 Å². The Morgan fingerprint density at radius 1 is 0.881 bits per heavy atom. The number of rotatable bonds is 20. The van der Waals surface area contributed by atoms with Crippen molar-refractivity contribution in [2.24, 2.45) is 5.92 Å². The van der Waals surface area contributed by atoms with Crippen LogP contribution < -0.4 is 19.3 Å². The first-order valence-corrected chi connectivity index (χ1v) is 23.4. The number of benzene rings is 4. The number of carbonyl (C=O) groups excluding carboxylic acids is 3. The van der Waals surface area contributed by atoms with Crippen LogP contribution in [0.1, 0.15) is 86.4 Å². The third-order valence-corrected chi connectivity index (χ3v) is 12.4. The quantitative estimate of drug-likeness (QED) is 0.0359. The minimum absolute atomic E-state index is 0.0993. The smallest absolute Gasteiger partial charge is 0.312 e. The van der Waals surface area contributed by atoms with Crippen LogP contribution in [0, 0.1) is 23.4 Å². The van der Waals surface area contributed by atoms with Gasteiger partial charge in [-0.05, 0) is 103 Å². The van der Waals surface area contributed by atoms with Gasteiger partial charge < -0.3 is 30.3 Å². The van der Waals surface area contributed by atoms with Gasteiger partial charge in [-0.1, -0.05) is 50.3 Å². The number of β-lactam (4-membered cyclic amide) rings is 1. The van der Waals surface area contributed by atoms with Gasteiger partial charge in [0.25, 0.3) is 0 Å². The van der Waals surface area contributed by atoms with Crippen molar-refractivity contribution >= 4 is 45.5 Å². The first kappa shape index (κ1) is 50.0. The van der Waals surface area contributed by atoms with Crippen molar-refractivity contribution < 1.29 is 56.0 Å². The molecule has 0 radical (unpaired) electrons. The van der Waals surface area contributed by atoms with Crippen LogP contribution in [0.4, 0.5) is 24.8 Å². The number of halogens is 3. The number of nitrogens with zero attached hydrogens (tertiary/aromatic N) is 4. The van der Waals surface area contributed by atoms with Gasteiger partial charge in [-0.2, -0.15) is 0 Å². The number of aromatic nitrogens is 2. The molecule has 1 aromatic heterocycles. The van der Waals surface area contributed by atoms with E-state index < -0.39 is 69.6 Å². The van der Waals surface area contributed by atoms with E-state index in [0.29, 0.717) is 40.1 Å². The van der Waals surface area contributed by atoms with E-state index >= 15 is 0 Å². The SMILES string of the molecule is CC(C)c1nc(N(C)S(C)(=O)=O)nc(-c2ccc(F)cc2)c1C=CC(O)CC(O)CC(=O)NCCC(=O)Oc1ccc(C2C(CCC(O)c3ccc(F)cc3)C(=O)N2c2ccc(F)cc2)cc1. The van der Waals surface area contributed by atoms with Gasteiger partial charge in [0.1, 0.15) is 23.2 Å². The number of ether oxygens (including phenoxy) is 1. The van der Waals surface area contributed by atoms with Gasteiger partial charge in [0.05, 0.1) is 60.8 Å². The molecule has 5 unspecified atom stereocenters. The molecule has 1 saturated heterocycles. The number of esters is 1. The Bertz CT molecular complexity index is 2670. The van der Waals surface area contributed by atoms with E-state index in [1.807, 2.05) is 13.8 Å². The van der Waals surface area contributed by atoms with Crippen LogP contribution in [-0.2, 0) is 24.4 Å². The molecule has 4 N–H and O–H groups in total. The number of sulfonamides is 1. The molecule has 2 heterocycles. The highest BCUT2D eigenvalue weighted by atomic mass is 32.2. The van der Waals surface area contributed by atoms with Crippen molar-refractivity contribution in [1.82, 2.24) is 15.3 Å². The standard InChI is InChI=1S/C49H52F3N5O9S/c1-29(2)45-40(46(31-7-13-34(51)14-8-31)55-49(54-45)56(3)67(4,64)65)22-19-37(58)27-38(59)28-43(61)53-26-25-44(62)66-39-20-9-32(10-21-39)47-41(23-24-42(60)30-5-11-33(50)12-6-30)48(63)57(47)36-17-15-35(52)16-18-36/h5-22,29,37-38,41-42,47,58-60H,23-28H2,1-4H3,(H,53,61). The molecule has 6 rings (SSSR count). The Morgan fingerprint density at radius 3 is 2.07 bits per heavy atom. The second kappa shape index (κ2) is 21.9. The Hall–Kier alpha value is -6.47. The number of aliphatic hydroxyl groups is 3. The molecule has 1 fully saturated rings. The van der Waals surface area contributed by atoms with Crippen LogP contribution in [0.15, 0.2) is 103 Å². The van der Waals surface area contributed by atoms with Crippen molar-refractivity contribution in [3.05, 3.63) is 143 Å². The molecule has 5 aromatic rings. The lowest BCUT2D eigenvalue weighted by Gasteiger charge is -2.48. The van der Waals surface area contributed by atoms with Crippen molar-refractivity contribution in [3.63, 3.8) is 0 Å². The number of hydrogen-bond acceptors (Lipinski definition) is 11. The van der Waals surface area contributed by atoms with Gasteiger partial charge >= 0.3 is 5.97 Å². The van der Waals surface area contributed by atoms with Gasteiger partial charge in [-0.15, -0.1) is 0 Å². The molecule has 2 amide bonds. The second-order valence-electron chi connectivity index (χ2n) is 16.6. The van der Waals surface area contributed by atoms with Gasteiger partial charge in [-0.25, -0.2) is 35.9 Å². The van der Waals surface area contributed by atoms with Crippen LogP contribution >= 0.6 is 0 Å². The monoisotopic (exact) mass is 943 g/mol. The first-order valence-electron chi connectivity index (χ1n) is 21.5. The number of amides is 2. The number of nitrogens with one attached hydrogen (secondary N) is 1. The zero-order valence-electron chi connectivity index (χ0n) is 37.2. The summed E-state index contributed by atoms with van der Waals surface area (Å²) in [6.45, 7) is 3.57. The summed E-state index contributed by atoms with van der Waals surface area (Å²) >= 11 is 0. The normalized spacial score (nSPS) is 16.4. The number of carbonyl (C=O) groups is 3. The molecule has 5 atom stereocenters. The summed E-state index contributed by atoms with van der Waals surface area (Å²) in [4.78, 5) is 49.4. The maximum absolute atomic E-state index is 13.8. The molecular weight excluding hydrogens is 892 g/mol. The van der Waals surface area contributed by atoms with E-state index in [-0.39, 0.29) is 61.4 Å². The Balaban J connectivity index is 1.01. The van der Waals surface area contributed by atoms with E-state index in [2.05, 4.69) is 15.3 Å². The molecule has 14 nitrogen and oxygen atoms in total. The average molecular weight is 944 g/mol. The van der Waals surface area contributed by atoms with Crippen LogP contribution in [0.25, 0.3) is 17.3 Å². The van der Waals surface area contributed by atoms with Crippen molar-refractivity contribution in [2.75, 3.05) is 29.1 Å². The molecule has 0 saturated carbocycles. The van der Waals surface area contributed by atoms with Gasteiger partial charge in [-0.3, -0.25) is 14.4 Å². The third-order valence-electron chi connectivity index (χ3n) is 11.3. The molecular formula is C49H52F3N5O9S. The summed E-state index contributed by atoms with van der Waals surface area (Å²) in [7, 11) is -2.42. The fourth-order valence-electron chi connectivity index (χ4n) is 7.64. The minimum atomic E-state index is -3.73. The van der Waals surface area contributed by atoms with Crippen LogP contribution in [0.5, 0.6) is 5.75 Å². The minimum Gasteiger partial charge on any atom is -0.426 e. The summed E-state index contributed by atoms with van der Waals surface area (Å²) in [6, 6.07) is 22.5. The Labute approximate surface area is 386 Å². The van der Waals surface area contributed by atoms with Crippen molar-refractivity contribution in [2.45, 2.75) is 76.2 Å². The van der Waals surface area contributed by atoms with E-state index in [0.717, 1.165) is 10.6 Å². The lowest BCUT2D eigenvalue weighted by molar-refractivity contribution is -0.134. The predicted molar refractivity (Wildman–Crippen MR) is 245 cm³/mol. The van der Waals surface area contributed by atoms with Gasteiger partial charge in [0, 0.05) is 36.8 Å². The fourth-order valence-corrected chi connectivity index (χ4v) is 8.02. The van der Waals surface area contributed by atoms with Gasteiger partial charge in [0.2, 0.25) is 27.8 Å². The zero-order chi connectivity index (χ0) is 48.6. The molecule has 0 aliphatic carbocycles. The summed E-state index contributed by atoms with van der Waals surface area (Å²) in [5, 5.41) is 34.8. The molecule has 0 spiro atoms. The van der Waals surface area contributed by atoms with Crippen LogP contribution in [0.2, 0.25) is 0 Å². The summed E-state index contributed by atoms with van der Waals surface area (Å²) in [6.07, 6.45) is 0.171. The van der Waals surface area contributed by atoms with Gasteiger partial charge in [0.15, 0.2) is 0 Å². The molecule has 0 bridgehead atoms. The highest BCUT2D eigenvalue weighted by Crippen LogP contribution is 2.46. The maximum atomic E-state index is 13.8. The molecule has 4 aromatic carbocycles. The summed E-state index contributed by atoms with van der Waals surface area (Å²) < 4.78 is 72.1. The lowest BCUT2D eigenvalue weighted by atomic mass is 9.78. The molecule has 1 aliphatic rings. The molecule has 354 valence electrons. The predicted octanol–water partition coefficient (Wildman–Crippen LogP) is 6.93. The first-order chi connectivity index (χ1) is 31.8. The average Bonchev–Trinajstić information content (AvgIpc) is 3.28. The fraction of sp³-hybridized carbons (Fsp3) is 0.327. The Kier molecular flexibility index (Phi) is 16.3. The van der Waals surface area contributed by atoms with Crippen molar-refractivity contribution in [3.8, 4) is 17.0 Å². The Morgan fingerprint density at radius 2 is 1.48 bits per heavy atom. The third kappa shape index (κ3) is 12.9. The summed E-state index contributed by atoms with van der Waals surface area (Å²) in [5.74, 6) is -3.51. The van der Waals surface area contributed by atoms with E-state index in [1.165, 1.54) is 92.0 Å². The number of anilines is 2. The molecule has 67 heavy (non-hydrogen) atoms. The lowest BCUT2D eigenvalue weighted by Crippen LogP contribution is -2.55. The highest BCUT2D eigenvalue weighted by Gasteiger charge is 2.48. The maximum Gasteiger partial charge on any atom is 0.312 e. The van der Waals surface area contributed by atoms with Crippen LogP contribution in [-0.4, -0.2) is 83.5 Å². The second-order valence-corrected chi connectivity index (χ2v) is 18.6. The highest BCUT2D eigenvalue weighted by molar-refractivity contribution is 7.92.